The molecule has 3 aromatic rings. The van der Waals surface area contributed by atoms with Crippen LogP contribution in [0.1, 0.15) is 18.4 Å². The number of hydrogen-bond donors (Lipinski definition) is 1. The van der Waals surface area contributed by atoms with Gasteiger partial charge in [0.1, 0.15) is 11.9 Å². The van der Waals surface area contributed by atoms with Gasteiger partial charge < -0.3 is 6.42 Å². The molecular weight excluding hydrogens is 522 g/mol. The standard InChI is InChI=1S/C27H21N3O3S.C3H5.K/c31-26(30-34(32,33)24-9-5-2-6-10-24)23-15-16-27(25(17-23)28-19-29-27)18-20-11-13-22(14-12-20)21-7-3-1-4-8-21;1-2-3-1;/h1-17,19H,18H2,(H,30,31);1H,2-3H2;/q;-1;+1. The quantitative estimate of drug-likeness (QED) is 0.379. The summed E-state index contributed by atoms with van der Waals surface area (Å²) < 4.78 is 27.1. The van der Waals surface area contributed by atoms with Gasteiger partial charge in [-0.05, 0) is 41.0 Å². The van der Waals surface area contributed by atoms with Crippen molar-refractivity contribution in [3.8, 4) is 11.1 Å². The summed E-state index contributed by atoms with van der Waals surface area (Å²) in [6.07, 6.45) is 12.1. The van der Waals surface area contributed by atoms with Crippen molar-refractivity contribution in [1.82, 2.24) is 4.72 Å². The Labute approximate surface area is 266 Å². The molecule has 1 aliphatic heterocycles. The van der Waals surface area contributed by atoms with Crippen molar-refractivity contribution in [1.29, 1.82) is 0 Å². The molecule has 3 aliphatic rings. The van der Waals surface area contributed by atoms with E-state index in [9.17, 15) is 13.2 Å². The molecule has 1 N–H and O–H groups in total. The van der Waals surface area contributed by atoms with Gasteiger partial charge in [-0.2, -0.15) is 0 Å². The minimum absolute atomic E-state index is 0. The maximum Gasteiger partial charge on any atom is 1.00 e. The summed E-state index contributed by atoms with van der Waals surface area (Å²) in [5.41, 5.74) is 3.45. The Morgan fingerprint density at radius 3 is 2.13 bits per heavy atom. The maximum atomic E-state index is 12.7. The van der Waals surface area contributed by atoms with Crippen LogP contribution in [0.25, 0.3) is 11.1 Å². The molecule has 0 spiro atoms. The first-order valence-corrected chi connectivity index (χ1v) is 13.5. The van der Waals surface area contributed by atoms with E-state index in [1.54, 1.807) is 30.4 Å². The van der Waals surface area contributed by atoms with Gasteiger partial charge in [0.2, 0.25) is 0 Å². The molecule has 6 rings (SSSR count). The van der Waals surface area contributed by atoms with Crippen LogP contribution in [-0.2, 0) is 21.2 Å². The fourth-order valence-corrected chi connectivity index (χ4v) is 5.01. The van der Waals surface area contributed by atoms with E-state index in [4.69, 9.17) is 0 Å². The predicted molar refractivity (Wildman–Crippen MR) is 147 cm³/mol. The van der Waals surface area contributed by atoms with Gasteiger partial charge in [0.25, 0.3) is 15.9 Å². The molecule has 0 saturated heterocycles. The first-order valence-electron chi connectivity index (χ1n) is 12.1. The van der Waals surface area contributed by atoms with Gasteiger partial charge in [0.05, 0.1) is 10.6 Å². The summed E-state index contributed by atoms with van der Waals surface area (Å²) in [4.78, 5) is 21.6. The number of sulfonamides is 1. The Morgan fingerprint density at radius 1 is 0.895 bits per heavy atom. The van der Waals surface area contributed by atoms with Crippen LogP contribution < -0.4 is 56.1 Å². The number of nitrogens with one attached hydrogen (secondary N) is 1. The van der Waals surface area contributed by atoms with Crippen molar-refractivity contribution >= 4 is 28.0 Å². The van der Waals surface area contributed by atoms with Crippen molar-refractivity contribution in [2.75, 3.05) is 0 Å². The summed E-state index contributed by atoms with van der Waals surface area (Å²) >= 11 is 0. The van der Waals surface area contributed by atoms with Gasteiger partial charge in [-0.3, -0.25) is 9.79 Å². The molecular formula is C30H26KN3O3S. The third-order valence-corrected chi connectivity index (χ3v) is 7.47. The van der Waals surface area contributed by atoms with E-state index in [0.29, 0.717) is 12.1 Å². The van der Waals surface area contributed by atoms with E-state index in [1.807, 2.05) is 24.3 Å². The van der Waals surface area contributed by atoms with Crippen LogP contribution in [0.5, 0.6) is 0 Å². The van der Waals surface area contributed by atoms with E-state index < -0.39 is 21.5 Å². The van der Waals surface area contributed by atoms with Crippen LogP contribution in [0.2, 0.25) is 0 Å². The SMILES string of the molecule is O=C(NS(=O)(=O)c1ccccc1)C1=CC2=NC=NC2(Cc2ccc(-c3ccccc3)cc2)C=C1.[CH-]1CC1.[K+]. The number of rotatable bonds is 6. The molecule has 0 radical (unpaired) electrons. The fraction of sp³-hybridized carbons (Fsp3) is 0.133. The van der Waals surface area contributed by atoms with E-state index in [2.05, 4.69) is 57.5 Å². The molecule has 0 bridgehead atoms. The van der Waals surface area contributed by atoms with Gasteiger partial charge >= 0.3 is 51.4 Å². The summed E-state index contributed by atoms with van der Waals surface area (Å²) in [7, 11) is -3.97. The Morgan fingerprint density at radius 2 is 1.50 bits per heavy atom. The molecule has 1 amide bonds. The van der Waals surface area contributed by atoms with Crippen molar-refractivity contribution in [2.45, 2.75) is 29.7 Å². The van der Waals surface area contributed by atoms with E-state index in [1.165, 1.54) is 31.3 Å². The van der Waals surface area contributed by atoms with E-state index in [0.717, 1.165) is 16.7 Å². The number of hydrogen-bond acceptors (Lipinski definition) is 5. The molecule has 1 atom stereocenters. The Balaban J connectivity index is 0.000000786. The number of benzene rings is 3. The van der Waals surface area contributed by atoms with Crippen LogP contribution in [0, 0.1) is 6.42 Å². The number of nitrogens with zero attached hydrogens (tertiary/aromatic N) is 2. The average Bonchev–Trinajstić information content (AvgIpc) is 3.76. The number of aliphatic imine (C=N–C) groups is 2. The van der Waals surface area contributed by atoms with E-state index in [-0.39, 0.29) is 61.9 Å². The van der Waals surface area contributed by atoms with Gasteiger partial charge in [0.15, 0.2) is 0 Å². The summed E-state index contributed by atoms with van der Waals surface area (Å²) in [5.74, 6) is -0.712. The monoisotopic (exact) mass is 547 g/mol. The zero-order valence-electron chi connectivity index (χ0n) is 21.1. The molecule has 3 aromatic carbocycles. The van der Waals surface area contributed by atoms with Crippen molar-refractivity contribution in [2.24, 2.45) is 9.98 Å². The normalized spacial score (nSPS) is 18.6. The summed E-state index contributed by atoms with van der Waals surface area (Å²) in [6, 6.07) is 26.2. The van der Waals surface area contributed by atoms with Gasteiger partial charge in [0, 0.05) is 12.0 Å². The molecule has 6 nitrogen and oxygen atoms in total. The third kappa shape index (κ3) is 6.94. The second-order valence-corrected chi connectivity index (χ2v) is 10.7. The van der Waals surface area contributed by atoms with Crippen LogP contribution >= 0.6 is 0 Å². The topological polar surface area (TPSA) is 88.0 Å². The number of fused-ring (bicyclic) bond motifs is 1. The van der Waals surface area contributed by atoms with Crippen LogP contribution in [-0.4, -0.2) is 31.9 Å². The minimum Gasteiger partial charge on any atom is -0.333 e. The molecule has 2 aliphatic carbocycles. The Hall–Kier alpha value is -2.46. The number of amides is 1. The Bertz CT molecular complexity index is 1510. The molecule has 1 saturated carbocycles. The molecule has 38 heavy (non-hydrogen) atoms. The van der Waals surface area contributed by atoms with Gasteiger partial charge in [-0.15, -0.1) is 0 Å². The second-order valence-electron chi connectivity index (χ2n) is 8.97. The summed E-state index contributed by atoms with van der Waals surface area (Å²) in [5, 5.41) is 0. The van der Waals surface area contributed by atoms with Crippen molar-refractivity contribution < 1.29 is 64.6 Å². The summed E-state index contributed by atoms with van der Waals surface area (Å²) in [6.45, 7) is 0. The second kappa shape index (κ2) is 12.6. The molecule has 1 fully saturated rings. The fourth-order valence-electron chi connectivity index (χ4n) is 4.02. The van der Waals surface area contributed by atoms with Crippen molar-refractivity contribution in [3.05, 3.63) is 121 Å². The molecule has 1 heterocycles. The van der Waals surface area contributed by atoms with Crippen LogP contribution in [0.15, 0.2) is 124 Å². The number of carbonyl (C=O) groups is 1. The average molecular weight is 548 g/mol. The molecule has 186 valence electrons. The van der Waals surface area contributed by atoms with Gasteiger partial charge in [-0.1, -0.05) is 78.9 Å². The first-order chi connectivity index (χ1) is 18.0. The Kier molecular flexibility index (Phi) is 9.46. The zero-order chi connectivity index (χ0) is 25.7. The van der Waals surface area contributed by atoms with Crippen molar-refractivity contribution in [3.63, 3.8) is 0 Å². The smallest absolute Gasteiger partial charge is 0.333 e. The maximum absolute atomic E-state index is 12.7. The zero-order valence-corrected chi connectivity index (χ0v) is 25.1. The van der Waals surface area contributed by atoms with Crippen LogP contribution in [0.4, 0.5) is 0 Å². The third-order valence-electron chi connectivity index (χ3n) is 6.13. The van der Waals surface area contributed by atoms with Crippen LogP contribution in [0.3, 0.4) is 0 Å². The minimum atomic E-state index is -3.97. The number of carbonyl (C=O) groups excluding carboxylic acids is 1. The van der Waals surface area contributed by atoms with E-state index >= 15 is 0 Å². The largest absolute Gasteiger partial charge is 1.00 e. The molecule has 8 heteroatoms. The molecule has 1 unspecified atom stereocenters. The molecule has 0 aromatic heterocycles. The first kappa shape index (κ1) is 28.5. The predicted octanol–water partition coefficient (Wildman–Crippen LogP) is 2.11. The van der Waals surface area contributed by atoms with Gasteiger partial charge in [-0.25, -0.2) is 31.0 Å².